The van der Waals surface area contributed by atoms with Crippen molar-refractivity contribution in [2.75, 3.05) is 24.8 Å². The third kappa shape index (κ3) is 5.26. The van der Waals surface area contributed by atoms with Crippen molar-refractivity contribution in [3.05, 3.63) is 53.2 Å². The molecular formula is C22H24ClN3O4S. The lowest BCUT2D eigenvalue weighted by molar-refractivity contribution is -0.115. The molecule has 1 saturated heterocycles. The Morgan fingerprint density at radius 1 is 1.26 bits per heavy atom. The molecule has 164 valence electrons. The minimum atomic E-state index is -3.52. The first-order valence-electron chi connectivity index (χ1n) is 10.1. The molecule has 0 saturated carbocycles. The maximum absolute atomic E-state index is 12.5. The van der Waals surface area contributed by atoms with Gasteiger partial charge in [-0.1, -0.05) is 29.8 Å². The molecule has 0 spiro atoms. The molecule has 1 fully saturated rings. The first-order chi connectivity index (χ1) is 14.8. The molecule has 2 aromatic carbocycles. The second-order valence-corrected chi connectivity index (χ2v) is 10.3. The third-order valence-corrected chi connectivity index (χ3v) is 6.92. The second-order valence-electron chi connectivity index (χ2n) is 7.90. The number of aromatic nitrogens is 2. The average Bonchev–Trinajstić information content (AvgIpc) is 3.11. The molecule has 1 aromatic heterocycles. The van der Waals surface area contributed by atoms with Crippen LogP contribution in [-0.2, 0) is 32.3 Å². The maximum Gasteiger partial charge on any atom is 0.228 e. The van der Waals surface area contributed by atoms with Crippen molar-refractivity contribution in [3.8, 4) is 0 Å². The molecule has 1 N–H and O–H groups in total. The summed E-state index contributed by atoms with van der Waals surface area (Å²) in [6.45, 7) is 2.18. The van der Waals surface area contributed by atoms with Gasteiger partial charge in [0.2, 0.25) is 5.91 Å². The normalized spacial score (nSPS) is 15.3. The predicted octanol–water partition coefficient (Wildman–Crippen LogP) is 3.70. The Bertz CT molecular complexity index is 1220. The van der Waals surface area contributed by atoms with Gasteiger partial charge in [-0.2, -0.15) is 5.10 Å². The number of benzene rings is 2. The largest absolute Gasteiger partial charge is 0.381 e. The number of amides is 1. The van der Waals surface area contributed by atoms with Gasteiger partial charge in [0.15, 0.2) is 9.84 Å². The molecule has 0 unspecified atom stereocenters. The van der Waals surface area contributed by atoms with Crippen molar-refractivity contribution < 1.29 is 17.9 Å². The van der Waals surface area contributed by atoms with E-state index in [1.807, 2.05) is 6.07 Å². The van der Waals surface area contributed by atoms with Crippen molar-refractivity contribution in [2.45, 2.75) is 30.7 Å². The van der Waals surface area contributed by atoms with E-state index in [0.29, 0.717) is 39.6 Å². The fraction of sp³-hybridized carbons (Fsp3) is 0.364. The molecule has 1 aliphatic rings. The number of hydrogen-bond donors (Lipinski definition) is 1. The van der Waals surface area contributed by atoms with Crippen molar-refractivity contribution in [1.29, 1.82) is 0 Å². The van der Waals surface area contributed by atoms with Crippen LogP contribution in [0.4, 0.5) is 5.69 Å². The summed E-state index contributed by atoms with van der Waals surface area (Å²) in [6.07, 6.45) is 4.94. The van der Waals surface area contributed by atoms with E-state index in [1.165, 1.54) is 6.07 Å². The highest BCUT2D eigenvalue weighted by molar-refractivity contribution is 7.91. The molecule has 3 aromatic rings. The highest BCUT2D eigenvalue weighted by atomic mass is 35.5. The lowest BCUT2D eigenvalue weighted by Gasteiger charge is -2.21. The molecule has 0 aliphatic carbocycles. The molecule has 0 radical (unpaired) electrons. The van der Waals surface area contributed by atoms with Gasteiger partial charge in [-0.25, -0.2) is 8.42 Å². The van der Waals surface area contributed by atoms with Crippen LogP contribution >= 0.6 is 11.6 Å². The van der Waals surface area contributed by atoms with Crippen LogP contribution in [0.5, 0.6) is 0 Å². The van der Waals surface area contributed by atoms with E-state index in [2.05, 4.69) is 10.4 Å². The Balaban J connectivity index is 1.61. The van der Waals surface area contributed by atoms with E-state index >= 15 is 0 Å². The molecule has 0 bridgehead atoms. The minimum absolute atomic E-state index is 0.0874. The topological polar surface area (TPSA) is 90.3 Å². The first kappa shape index (κ1) is 21.8. The highest BCUT2D eigenvalue weighted by Gasteiger charge is 2.20. The smallest absolute Gasteiger partial charge is 0.228 e. The molecule has 31 heavy (non-hydrogen) atoms. The van der Waals surface area contributed by atoms with Gasteiger partial charge in [-0.15, -0.1) is 0 Å². The van der Waals surface area contributed by atoms with E-state index in [9.17, 15) is 13.2 Å². The van der Waals surface area contributed by atoms with Crippen molar-refractivity contribution in [3.63, 3.8) is 0 Å². The Morgan fingerprint density at radius 3 is 2.71 bits per heavy atom. The number of fused-ring (bicyclic) bond motifs is 1. The summed E-state index contributed by atoms with van der Waals surface area (Å²) in [7, 11) is -3.52. The summed E-state index contributed by atoms with van der Waals surface area (Å²) < 4.78 is 32.1. The van der Waals surface area contributed by atoms with Crippen LogP contribution < -0.4 is 5.32 Å². The van der Waals surface area contributed by atoms with Crippen LogP contribution in [0, 0.1) is 5.92 Å². The Kier molecular flexibility index (Phi) is 6.31. The van der Waals surface area contributed by atoms with E-state index in [0.717, 1.165) is 32.3 Å². The number of carbonyl (C=O) groups is 1. The van der Waals surface area contributed by atoms with Crippen molar-refractivity contribution in [2.24, 2.45) is 5.92 Å². The Morgan fingerprint density at radius 2 is 2.00 bits per heavy atom. The molecule has 2 heterocycles. The zero-order valence-corrected chi connectivity index (χ0v) is 18.7. The van der Waals surface area contributed by atoms with Gasteiger partial charge in [0.05, 0.1) is 16.8 Å². The number of nitrogens with zero attached hydrogens (tertiary/aromatic N) is 2. The number of hydrogen-bond acceptors (Lipinski definition) is 5. The van der Waals surface area contributed by atoms with Gasteiger partial charge in [0.1, 0.15) is 0 Å². The van der Waals surface area contributed by atoms with Crippen LogP contribution in [0.1, 0.15) is 18.4 Å². The lowest BCUT2D eigenvalue weighted by atomic mass is 10.0. The summed E-state index contributed by atoms with van der Waals surface area (Å²) in [5.74, 6) is 0.160. The predicted molar refractivity (Wildman–Crippen MR) is 120 cm³/mol. The fourth-order valence-electron chi connectivity index (χ4n) is 3.83. The molecule has 4 rings (SSSR count). The average molecular weight is 462 g/mol. The number of ether oxygens (including phenoxy) is 1. The summed E-state index contributed by atoms with van der Waals surface area (Å²) in [5, 5.41) is 8.44. The second kappa shape index (κ2) is 8.98. The zero-order chi connectivity index (χ0) is 22.0. The number of sulfone groups is 1. The number of carbonyl (C=O) groups excluding carboxylic acids is 1. The quantitative estimate of drug-likeness (QED) is 0.604. The van der Waals surface area contributed by atoms with Gasteiger partial charge in [0.25, 0.3) is 0 Å². The summed E-state index contributed by atoms with van der Waals surface area (Å²) in [5.41, 5.74) is 1.62. The van der Waals surface area contributed by atoms with E-state index in [4.69, 9.17) is 16.3 Å². The molecule has 7 nitrogen and oxygen atoms in total. The zero-order valence-electron chi connectivity index (χ0n) is 17.2. The third-order valence-electron chi connectivity index (χ3n) is 5.41. The molecule has 1 amide bonds. The van der Waals surface area contributed by atoms with Crippen LogP contribution in [0.15, 0.2) is 47.5 Å². The van der Waals surface area contributed by atoms with Gasteiger partial charge in [-0.3, -0.25) is 9.48 Å². The van der Waals surface area contributed by atoms with Gasteiger partial charge < -0.3 is 10.1 Å². The number of nitrogens with one attached hydrogen (secondary N) is 1. The molecule has 0 atom stereocenters. The number of halogens is 1. The molecule has 1 aliphatic heterocycles. The van der Waals surface area contributed by atoms with Gasteiger partial charge >= 0.3 is 0 Å². The maximum atomic E-state index is 12.5. The highest BCUT2D eigenvalue weighted by Crippen LogP contribution is 2.28. The van der Waals surface area contributed by atoms with Gasteiger partial charge in [-0.05, 0) is 42.5 Å². The number of rotatable bonds is 6. The Hall–Kier alpha value is -2.42. The summed E-state index contributed by atoms with van der Waals surface area (Å²) >= 11 is 6.14. The van der Waals surface area contributed by atoms with Crippen LogP contribution in [0.2, 0.25) is 5.02 Å². The van der Waals surface area contributed by atoms with Crippen LogP contribution in [-0.4, -0.2) is 43.6 Å². The fourth-order valence-corrected chi connectivity index (χ4v) is 4.93. The summed E-state index contributed by atoms with van der Waals surface area (Å²) in [4.78, 5) is 12.7. The van der Waals surface area contributed by atoms with E-state index in [-0.39, 0.29) is 17.2 Å². The molecular weight excluding hydrogens is 438 g/mol. The van der Waals surface area contributed by atoms with Crippen molar-refractivity contribution >= 4 is 43.9 Å². The summed E-state index contributed by atoms with van der Waals surface area (Å²) in [6, 6.07) is 10.3. The lowest BCUT2D eigenvalue weighted by Crippen LogP contribution is -2.20. The monoisotopic (exact) mass is 461 g/mol. The first-order valence-corrected chi connectivity index (χ1v) is 12.4. The van der Waals surface area contributed by atoms with Crippen LogP contribution in [0.3, 0.4) is 0 Å². The van der Waals surface area contributed by atoms with Crippen LogP contribution in [0.25, 0.3) is 10.9 Å². The van der Waals surface area contributed by atoms with Gasteiger partial charge in [0, 0.05) is 48.3 Å². The van der Waals surface area contributed by atoms with E-state index in [1.54, 1.807) is 35.1 Å². The molecule has 9 heteroatoms. The standard InChI is InChI=1S/C22H24ClN3O4S/c1-31(28,29)21-12-17(24-22(27)10-16-4-2-3-5-19(16)23)11-20-18(21)14-26(25-20)13-15-6-8-30-9-7-15/h2-5,11-12,14-15H,6-10,13H2,1H3,(H,24,27). The SMILES string of the molecule is CS(=O)(=O)c1cc(NC(=O)Cc2ccccc2Cl)cc2nn(CC3CCOCC3)cc12. The minimum Gasteiger partial charge on any atom is -0.381 e. The Labute approximate surface area is 186 Å². The van der Waals surface area contributed by atoms with Crippen molar-refractivity contribution in [1.82, 2.24) is 9.78 Å². The number of anilines is 1. The van der Waals surface area contributed by atoms with E-state index < -0.39 is 9.84 Å².